The first kappa shape index (κ1) is 12.4. The number of carbonyl (C=O) groups is 2. The third-order valence-corrected chi connectivity index (χ3v) is 2.95. The lowest BCUT2D eigenvalue weighted by atomic mass is 10.1. The lowest BCUT2D eigenvalue weighted by molar-refractivity contribution is -0.142. The average molecular weight is 249 g/mol. The maximum absolute atomic E-state index is 11.7. The maximum Gasteiger partial charge on any atom is 0.326 e. The van der Waals surface area contributed by atoms with Crippen molar-refractivity contribution in [2.75, 3.05) is 0 Å². The highest BCUT2D eigenvalue weighted by Crippen LogP contribution is 2.32. The van der Waals surface area contributed by atoms with Gasteiger partial charge in [0.2, 0.25) is 5.91 Å². The van der Waals surface area contributed by atoms with Crippen molar-refractivity contribution in [2.45, 2.75) is 25.3 Å². The highest BCUT2D eigenvalue weighted by atomic mass is 16.4. The molecule has 3 N–H and O–H groups in total. The van der Waals surface area contributed by atoms with E-state index in [0.717, 1.165) is 12.8 Å². The molecule has 1 amide bonds. The molecule has 0 radical (unpaired) electrons. The van der Waals surface area contributed by atoms with Gasteiger partial charge in [0.1, 0.15) is 11.8 Å². The fourth-order valence-electron chi connectivity index (χ4n) is 1.89. The molecule has 1 fully saturated rings. The summed E-state index contributed by atoms with van der Waals surface area (Å²) in [5.74, 6) is -1.16. The molecule has 5 heteroatoms. The van der Waals surface area contributed by atoms with Gasteiger partial charge in [0.25, 0.3) is 0 Å². The normalized spacial score (nSPS) is 16.0. The van der Waals surface area contributed by atoms with Crippen molar-refractivity contribution >= 4 is 11.9 Å². The number of phenolic OH excluding ortho intramolecular Hbond substituents is 1. The van der Waals surface area contributed by atoms with Crippen molar-refractivity contribution in [3.05, 3.63) is 29.8 Å². The molecule has 0 saturated heterocycles. The molecule has 2 rings (SSSR count). The van der Waals surface area contributed by atoms with Crippen molar-refractivity contribution < 1.29 is 19.8 Å². The van der Waals surface area contributed by atoms with Crippen LogP contribution in [-0.2, 0) is 16.0 Å². The summed E-state index contributed by atoms with van der Waals surface area (Å²) >= 11 is 0. The van der Waals surface area contributed by atoms with Gasteiger partial charge in [0, 0.05) is 0 Å². The summed E-state index contributed by atoms with van der Waals surface area (Å²) in [6.07, 6.45) is 1.78. The Balaban J connectivity index is 1.93. The van der Waals surface area contributed by atoms with E-state index in [1.807, 2.05) is 0 Å². The Labute approximate surface area is 104 Å². The van der Waals surface area contributed by atoms with Crippen LogP contribution in [-0.4, -0.2) is 28.1 Å². The number of carboxylic acid groups (broad SMARTS) is 1. The molecule has 1 aliphatic carbocycles. The molecule has 96 valence electrons. The maximum atomic E-state index is 11.7. The molecule has 1 atom stereocenters. The number of hydrogen-bond donors (Lipinski definition) is 3. The summed E-state index contributed by atoms with van der Waals surface area (Å²) in [4.78, 5) is 22.7. The topological polar surface area (TPSA) is 86.6 Å². The highest BCUT2D eigenvalue weighted by molar-refractivity contribution is 5.85. The number of aliphatic carboxylic acids is 1. The number of carbonyl (C=O) groups excluding carboxylic acids is 1. The van der Waals surface area contributed by atoms with Crippen LogP contribution in [0.25, 0.3) is 0 Å². The molecule has 1 unspecified atom stereocenters. The van der Waals surface area contributed by atoms with Crippen LogP contribution in [0.1, 0.15) is 18.4 Å². The van der Waals surface area contributed by atoms with Gasteiger partial charge in [-0.2, -0.15) is 0 Å². The van der Waals surface area contributed by atoms with Gasteiger partial charge in [-0.25, -0.2) is 4.79 Å². The Morgan fingerprint density at radius 3 is 2.67 bits per heavy atom. The van der Waals surface area contributed by atoms with E-state index in [9.17, 15) is 14.7 Å². The third kappa shape index (κ3) is 3.23. The number of carboxylic acids is 1. The summed E-state index contributed by atoms with van der Waals surface area (Å²) in [7, 11) is 0. The van der Waals surface area contributed by atoms with E-state index in [4.69, 9.17) is 5.11 Å². The number of rotatable bonds is 5. The fraction of sp³-hybridized carbons (Fsp3) is 0.385. The number of aromatic hydroxyl groups is 1. The Morgan fingerprint density at radius 2 is 2.11 bits per heavy atom. The molecule has 1 aliphatic rings. The van der Waals surface area contributed by atoms with Crippen LogP contribution in [0.5, 0.6) is 5.75 Å². The van der Waals surface area contributed by atoms with E-state index in [0.29, 0.717) is 5.56 Å². The van der Waals surface area contributed by atoms with Gasteiger partial charge >= 0.3 is 5.97 Å². The van der Waals surface area contributed by atoms with Crippen molar-refractivity contribution in [1.82, 2.24) is 5.32 Å². The molecule has 5 nitrogen and oxygen atoms in total. The van der Waals surface area contributed by atoms with Gasteiger partial charge in [-0.05, 0) is 36.5 Å². The van der Waals surface area contributed by atoms with E-state index in [2.05, 4.69) is 5.32 Å². The second-order valence-electron chi connectivity index (χ2n) is 4.57. The monoisotopic (exact) mass is 249 g/mol. The standard InChI is InChI=1S/C13H15NO4/c15-10-3-1-2-8(6-10)7-11(16)14-12(13(17)18)9-4-5-9/h1-3,6,9,12,15H,4-5,7H2,(H,14,16)(H,17,18). The quantitative estimate of drug-likeness (QED) is 0.724. The summed E-state index contributed by atoms with van der Waals surface area (Å²) < 4.78 is 0. The van der Waals surface area contributed by atoms with Crippen molar-refractivity contribution in [1.29, 1.82) is 0 Å². The minimum atomic E-state index is -0.984. The van der Waals surface area contributed by atoms with E-state index >= 15 is 0 Å². The fourth-order valence-corrected chi connectivity index (χ4v) is 1.89. The second-order valence-corrected chi connectivity index (χ2v) is 4.57. The first-order valence-corrected chi connectivity index (χ1v) is 5.86. The molecule has 0 bridgehead atoms. The zero-order valence-electron chi connectivity index (χ0n) is 9.80. The van der Waals surface area contributed by atoms with Crippen LogP contribution in [0, 0.1) is 5.92 Å². The van der Waals surface area contributed by atoms with Gasteiger partial charge in [-0.15, -0.1) is 0 Å². The Kier molecular flexibility index (Phi) is 3.50. The molecular weight excluding hydrogens is 234 g/mol. The van der Waals surface area contributed by atoms with Crippen LogP contribution in [0.2, 0.25) is 0 Å². The molecule has 1 aromatic carbocycles. The minimum Gasteiger partial charge on any atom is -0.508 e. The number of hydrogen-bond acceptors (Lipinski definition) is 3. The van der Waals surface area contributed by atoms with Gasteiger partial charge in [-0.3, -0.25) is 4.79 Å². The van der Waals surface area contributed by atoms with Gasteiger partial charge < -0.3 is 15.5 Å². The zero-order valence-corrected chi connectivity index (χ0v) is 9.80. The van der Waals surface area contributed by atoms with Gasteiger partial charge in [-0.1, -0.05) is 12.1 Å². The first-order chi connectivity index (χ1) is 8.56. The SMILES string of the molecule is O=C(Cc1cccc(O)c1)NC(C(=O)O)C1CC1. The Morgan fingerprint density at radius 1 is 1.39 bits per heavy atom. The zero-order chi connectivity index (χ0) is 13.1. The summed E-state index contributed by atoms with van der Waals surface area (Å²) in [5.41, 5.74) is 0.660. The van der Waals surface area contributed by atoms with Crippen molar-refractivity contribution in [3.63, 3.8) is 0 Å². The number of benzene rings is 1. The highest BCUT2D eigenvalue weighted by Gasteiger charge is 2.37. The summed E-state index contributed by atoms with van der Waals surface area (Å²) in [6, 6.07) is 5.59. The van der Waals surface area contributed by atoms with E-state index in [1.165, 1.54) is 12.1 Å². The van der Waals surface area contributed by atoms with Crippen LogP contribution in [0.3, 0.4) is 0 Å². The van der Waals surface area contributed by atoms with E-state index in [-0.39, 0.29) is 24.0 Å². The lowest BCUT2D eigenvalue weighted by Gasteiger charge is -2.13. The smallest absolute Gasteiger partial charge is 0.326 e. The minimum absolute atomic E-state index is 0.0654. The van der Waals surface area contributed by atoms with Gasteiger partial charge in [0.05, 0.1) is 6.42 Å². The second kappa shape index (κ2) is 5.08. The number of nitrogens with one attached hydrogen (secondary N) is 1. The van der Waals surface area contributed by atoms with Crippen LogP contribution in [0.4, 0.5) is 0 Å². The molecule has 18 heavy (non-hydrogen) atoms. The molecular formula is C13H15NO4. The first-order valence-electron chi connectivity index (χ1n) is 5.86. The van der Waals surface area contributed by atoms with Crippen LogP contribution >= 0.6 is 0 Å². The number of phenols is 1. The van der Waals surface area contributed by atoms with E-state index in [1.54, 1.807) is 12.1 Å². The predicted molar refractivity (Wildman–Crippen MR) is 64.1 cm³/mol. The van der Waals surface area contributed by atoms with E-state index < -0.39 is 12.0 Å². The molecule has 0 aromatic heterocycles. The Hall–Kier alpha value is -2.04. The van der Waals surface area contributed by atoms with Crippen molar-refractivity contribution in [2.24, 2.45) is 5.92 Å². The van der Waals surface area contributed by atoms with Gasteiger partial charge in [0.15, 0.2) is 0 Å². The third-order valence-electron chi connectivity index (χ3n) is 2.95. The lowest BCUT2D eigenvalue weighted by Crippen LogP contribution is -2.43. The largest absolute Gasteiger partial charge is 0.508 e. The molecule has 0 aliphatic heterocycles. The molecule has 1 saturated carbocycles. The predicted octanol–water partition coefficient (Wildman–Crippen LogP) is 0.914. The summed E-state index contributed by atoms with van der Waals surface area (Å²) in [5, 5.41) is 20.8. The van der Waals surface area contributed by atoms with Crippen LogP contribution < -0.4 is 5.32 Å². The van der Waals surface area contributed by atoms with Crippen molar-refractivity contribution in [3.8, 4) is 5.75 Å². The Bertz CT molecular complexity index is 468. The molecule has 0 heterocycles. The average Bonchev–Trinajstić information content (AvgIpc) is 3.09. The number of amides is 1. The summed E-state index contributed by atoms with van der Waals surface area (Å²) in [6.45, 7) is 0. The van der Waals surface area contributed by atoms with Crippen LogP contribution in [0.15, 0.2) is 24.3 Å². The molecule has 1 aromatic rings. The molecule has 0 spiro atoms.